The minimum atomic E-state index is -2.01. The number of aromatic nitrogens is 2. The zero-order valence-electron chi connectivity index (χ0n) is 50.6. The lowest BCUT2D eigenvalue weighted by atomic mass is 9.79. The Bertz CT molecular complexity index is 3370. The van der Waals surface area contributed by atoms with Crippen molar-refractivity contribution >= 4 is 100 Å². The quantitative estimate of drug-likeness (QED) is 0.101. The third-order valence-corrected chi connectivity index (χ3v) is 21.9. The lowest BCUT2D eigenvalue weighted by Crippen LogP contribution is -2.71. The molecule has 12 atom stereocenters. The summed E-state index contributed by atoms with van der Waals surface area (Å²) in [7, 11) is 4.05. The summed E-state index contributed by atoms with van der Waals surface area (Å²) in [4.78, 5) is 102. The first-order chi connectivity index (χ1) is 40.7. The van der Waals surface area contributed by atoms with E-state index in [1.54, 1.807) is 37.5 Å². The van der Waals surface area contributed by atoms with E-state index in [1.165, 1.54) is 31.7 Å². The zero-order valence-corrected chi connectivity index (χ0v) is 53.8. The third-order valence-electron chi connectivity index (χ3n) is 20.5. The smallest absolute Gasteiger partial charge is 0.281 e. The van der Waals surface area contributed by atoms with Gasteiger partial charge in [0.25, 0.3) is 23.6 Å². The van der Waals surface area contributed by atoms with E-state index >= 15 is 0 Å². The maximum absolute atomic E-state index is 14.4. The molecule has 0 unspecified atom stereocenters. The second kappa shape index (κ2) is 21.1. The van der Waals surface area contributed by atoms with E-state index in [-0.39, 0.29) is 47.5 Å². The number of carbonyl (C=O) groups excluding carboxylic acids is 6. The molecule has 6 fully saturated rings. The second-order valence-corrected chi connectivity index (χ2v) is 29.0. The standard InChI is InChI=1S/2C32H40BrN5O5/c2*1-16(2)12-24-29(40)37-11-7-10-25(37)32(42)38(24)30(41)31(43-32,17(3)4)35-28(39)18-13-20-19-8-6-9-22-26(19)21(27(33)34-22)14-23(20)36(5)15-18/h2*6,8-9,13,16-18,23-25,34,42H,7,10-12,14-15H2,1-5H3,(H,35,39)/t2*18-,23-,24+,25+,31-,32+/m11/s1. The van der Waals surface area contributed by atoms with Crippen LogP contribution in [-0.4, -0.2) is 185 Å². The second-order valence-electron chi connectivity index (χ2n) is 27.4. The van der Waals surface area contributed by atoms with Crippen LogP contribution in [-0.2, 0) is 51.1 Å². The number of aliphatic hydroxyl groups is 2. The molecule has 14 rings (SSSR count). The molecule has 86 heavy (non-hydrogen) atoms. The summed E-state index contributed by atoms with van der Waals surface area (Å²) in [6.45, 7) is 17.1. The van der Waals surface area contributed by atoms with Crippen molar-refractivity contribution in [2.75, 3.05) is 40.3 Å². The Labute approximate surface area is 518 Å². The summed E-state index contributed by atoms with van der Waals surface area (Å²) in [6.07, 6.45) is 8.97. The van der Waals surface area contributed by atoms with Crippen LogP contribution in [0.15, 0.2) is 57.8 Å². The van der Waals surface area contributed by atoms with Gasteiger partial charge in [-0.05, 0) is 155 Å². The molecule has 10 heterocycles. The number of benzene rings is 2. The van der Waals surface area contributed by atoms with E-state index in [0.717, 1.165) is 68.2 Å². The number of halogens is 2. The molecule has 0 spiro atoms. The fourth-order valence-electron chi connectivity index (χ4n) is 16.3. The predicted octanol–water partition coefficient (Wildman–Crippen LogP) is 6.39. The minimum Gasteiger partial charge on any atom is -0.349 e. The summed E-state index contributed by atoms with van der Waals surface area (Å²) in [5.41, 5.74) is 5.35. The molecule has 2 aromatic heterocycles. The number of hydrogen-bond donors (Lipinski definition) is 6. The molecule has 6 saturated heterocycles. The summed E-state index contributed by atoms with van der Waals surface area (Å²) in [5, 5.41) is 32.6. The Morgan fingerprint density at radius 2 is 1.01 bits per heavy atom. The van der Waals surface area contributed by atoms with Gasteiger partial charge in [0.2, 0.25) is 35.1 Å². The lowest BCUT2D eigenvalue weighted by molar-refractivity contribution is -0.322. The lowest BCUT2D eigenvalue weighted by Gasteiger charge is -2.49. The highest BCUT2D eigenvalue weighted by Crippen LogP contribution is 2.52. The fraction of sp³-hybridized carbons (Fsp3) is 0.594. The largest absolute Gasteiger partial charge is 0.349 e. The van der Waals surface area contributed by atoms with Crippen molar-refractivity contribution in [2.24, 2.45) is 35.5 Å². The van der Waals surface area contributed by atoms with E-state index < -0.39 is 82.9 Å². The molecular formula is C64H80Br2N10O10. The highest BCUT2D eigenvalue weighted by Gasteiger charge is 2.74. The molecule has 2 aromatic carbocycles. The molecule has 22 heteroatoms. The number of nitrogens with one attached hydrogen (secondary N) is 4. The molecule has 6 N–H and O–H groups in total. The fourth-order valence-corrected chi connectivity index (χ4v) is 17.4. The summed E-state index contributed by atoms with van der Waals surface area (Å²) in [5.74, 6) is -8.03. The Kier molecular flexibility index (Phi) is 14.6. The van der Waals surface area contributed by atoms with Gasteiger partial charge in [-0.15, -0.1) is 0 Å². The van der Waals surface area contributed by atoms with Gasteiger partial charge in [-0.2, -0.15) is 0 Å². The van der Waals surface area contributed by atoms with Crippen LogP contribution < -0.4 is 10.6 Å². The summed E-state index contributed by atoms with van der Waals surface area (Å²) in [6, 6.07) is 9.53. The van der Waals surface area contributed by atoms with Crippen LogP contribution in [0.3, 0.4) is 0 Å². The van der Waals surface area contributed by atoms with Gasteiger partial charge in [0.1, 0.15) is 24.2 Å². The monoisotopic (exact) mass is 1310 g/mol. The van der Waals surface area contributed by atoms with Crippen molar-refractivity contribution in [3.63, 3.8) is 0 Å². The number of carbonyl (C=O) groups is 6. The van der Waals surface area contributed by atoms with E-state index in [2.05, 4.69) is 86.5 Å². The number of nitrogens with zero attached hydrogens (tertiary/aromatic N) is 6. The molecular weight excluding hydrogens is 1230 g/mol. The van der Waals surface area contributed by atoms with Crippen molar-refractivity contribution in [3.05, 3.63) is 80.0 Å². The van der Waals surface area contributed by atoms with Gasteiger partial charge < -0.3 is 40.6 Å². The van der Waals surface area contributed by atoms with Crippen LogP contribution in [0.5, 0.6) is 0 Å². The Hall–Kier alpha value is -5.46. The number of piperazine rings is 2. The number of ether oxygens (including phenoxy) is 2. The molecule has 0 saturated carbocycles. The van der Waals surface area contributed by atoms with E-state index in [0.29, 0.717) is 51.9 Å². The van der Waals surface area contributed by atoms with Crippen LogP contribution in [0, 0.1) is 35.5 Å². The molecule has 0 radical (unpaired) electrons. The van der Waals surface area contributed by atoms with E-state index in [1.807, 2.05) is 66.1 Å². The van der Waals surface area contributed by atoms with Crippen LogP contribution >= 0.6 is 31.9 Å². The van der Waals surface area contributed by atoms with Gasteiger partial charge in [0.15, 0.2) is 0 Å². The van der Waals surface area contributed by atoms with Crippen LogP contribution in [0.1, 0.15) is 116 Å². The van der Waals surface area contributed by atoms with Crippen molar-refractivity contribution in [2.45, 2.75) is 166 Å². The van der Waals surface area contributed by atoms with Gasteiger partial charge in [-0.1, -0.05) is 91.8 Å². The van der Waals surface area contributed by atoms with Crippen molar-refractivity contribution < 1.29 is 48.5 Å². The van der Waals surface area contributed by atoms with Gasteiger partial charge in [-0.25, -0.2) is 0 Å². The molecule has 2 aliphatic carbocycles. The number of likely N-dealkylation sites (N-methyl/N-ethyl adjacent to an activating group) is 2. The first-order valence-corrected chi connectivity index (χ1v) is 32.5. The highest BCUT2D eigenvalue weighted by atomic mass is 79.9. The molecule has 460 valence electrons. The normalized spacial score (nSPS) is 33.7. The predicted molar refractivity (Wildman–Crippen MR) is 328 cm³/mol. The topological polar surface area (TPSA) is 236 Å². The summed E-state index contributed by atoms with van der Waals surface area (Å²) < 4.78 is 14.9. The highest BCUT2D eigenvalue weighted by molar-refractivity contribution is 9.10. The molecule has 0 bridgehead atoms. The number of H-pyrrole nitrogens is 2. The van der Waals surface area contributed by atoms with Crippen LogP contribution in [0.25, 0.3) is 33.0 Å². The zero-order chi connectivity index (χ0) is 61.2. The molecule has 20 nitrogen and oxygen atoms in total. The number of fused-ring (bicyclic) bond motifs is 10. The van der Waals surface area contributed by atoms with Crippen molar-refractivity contribution in [3.8, 4) is 0 Å². The molecule has 6 amide bonds. The van der Waals surface area contributed by atoms with Gasteiger partial charge in [-0.3, -0.25) is 57.8 Å². The maximum atomic E-state index is 14.4. The third kappa shape index (κ3) is 8.73. The molecule has 8 aliphatic heterocycles. The number of aromatic amines is 2. The van der Waals surface area contributed by atoms with Crippen LogP contribution in [0.4, 0.5) is 0 Å². The Balaban J connectivity index is 0.000000160. The molecule has 10 aliphatic rings. The number of amides is 6. The van der Waals surface area contributed by atoms with Crippen molar-refractivity contribution in [1.82, 2.24) is 50.0 Å². The SMILES string of the molecule is CC(C)C[C@H]1C(=O)N2CCC[C@H]2[C@]2(O)O[C@](NC(=O)[C@@H]3C=C4c5cccc6[nH]c(Br)c(c56)C[C@H]4N(C)C3)(C(C)C)C(=O)N12.CC(C)C[C@H]1C(=O)N2CCC[C@H]2[C@]2(O)O[C@](NC(=O)[C@@H]3C=C4c5cccc6[nH]c(Br)c(c56)C[C@H]4N(C)C3)(C(C)C)C(=O)N12. The first kappa shape index (κ1) is 59.5. The van der Waals surface area contributed by atoms with E-state index in [9.17, 15) is 39.0 Å². The van der Waals surface area contributed by atoms with Crippen LogP contribution in [0.2, 0.25) is 0 Å². The number of hydrogen-bond acceptors (Lipinski definition) is 12. The van der Waals surface area contributed by atoms with Gasteiger partial charge in [0, 0.05) is 71.9 Å². The van der Waals surface area contributed by atoms with Crippen molar-refractivity contribution in [1.29, 1.82) is 0 Å². The average molecular weight is 1310 g/mol. The van der Waals surface area contributed by atoms with E-state index in [4.69, 9.17) is 9.47 Å². The Morgan fingerprint density at radius 3 is 1.37 bits per heavy atom. The average Bonchev–Trinajstić information content (AvgIpc) is 1.55. The number of rotatable bonds is 10. The van der Waals surface area contributed by atoms with Gasteiger partial charge >= 0.3 is 0 Å². The minimum absolute atomic E-state index is 0.104. The van der Waals surface area contributed by atoms with Gasteiger partial charge in [0.05, 0.1) is 21.0 Å². The summed E-state index contributed by atoms with van der Waals surface area (Å²) >= 11 is 7.40. The molecule has 4 aromatic rings. The maximum Gasteiger partial charge on any atom is 0.281 e. The first-order valence-electron chi connectivity index (χ1n) is 30.9. The Morgan fingerprint density at radius 1 is 0.628 bits per heavy atom.